The summed E-state index contributed by atoms with van der Waals surface area (Å²) in [5, 5.41) is 2.34. The Morgan fingerprint density at radius 1 is 1.08 bits per heavy atom. The molecule has 1 aromatic carbocycles. The van der Waals surface area contributed by atoms with Gasteiger partial charge in [0, 0.05) is 16.6 Å². The van der Waals surface area contributed by atoms with Gasteiger partial charge in [0.1, 0.15) is 0 Å². The molecule has 4 rings (SSSR count). The second-order valence-electron chi connectivity index (χ2n) is 3.46. The van der Waals surface area contributed by atoms with Gasteiger partial charge < -0.3 is 4.98 Å². The highest BCUT2D eigenvalue weighted by molar-refractivity contribution is 5.88. The molecule has 13 heavy (non-hydrogen) atoms. The fourth-order valence-electron chi connectivity index (χ4n) is 2.11. The van der Waals surface area contributed by atoms with E-state index < -0.39 is 0 Å². The summed E-state index contributed by atoms with van der Waals surface area (Å²) in [7, 11) is 0. The minimum absolute atomic E-state index is 0.0972. The molecule has 1 aromatic heterocycles. The van der Waals surface area contributed by atoms with Gasteiger partial charge in [0.25, 0.3) is 5.56 Å². The fraction of sp³-hybridized carbons (Fsp3) is 0.182. The van der Waals surface area contributed by atoms with Crippen LogP contribution in [0.2, 0.25) is 0 Å². The summed E-state index contributed by atoms with van der Waals surface area (Å²) >= 11 is 0. The zero-order valence-electron chi connectivity index (χ0n) is 7.13. The molecule has 64 valence electrons. The van der Waals surface area contributed by atoms with Crippen LogP contribution in [0.15, 0.2) is 29.1 Å². The summed E-state index contributed by atoms with van der Waals surface area (Å²) in [4.78, 5) is 14.4. The minimum atomic E-state index is 0.0972. The molecule has 0 saturated heterocycles. The fourth-order valence-corrected chi connectivity index (χ4v) is 2.11. The Balaban J connectivity index is 2.65. The lowest BCUT2D eigenvalue weighted by atomic mass is 9.93. The average molecular weight is 171 g/mol. The lowest BCUT2D eigenvalue weighted by Crippen LogP contribution is -2.22. The van der Waals surface area contributed by atoms with Gasteiger partial charge >= 0.3 is 0 Å². The van der Waals surface area contributed by atoms with E-state index in [9.17, 15) is 4.79 Å². The van der Waals surface area contributed by atoms with Crippen molar-refractivity contribution in [1.29, 1.82) is 0 Å². The lowest BCUT2D eigenvalue weighted by Gasteiger charge is -2.15. The topological polar surface area (TPSA) is 32.9 Å². The van der Waals surface area contributed by atoms with Crippen molar-refractivity contribution in [3.63, 3.8) is 0 Å². The molecule has 0 amide bonds. The molecule has 2 heteroatoms. The number of H-pyrrole nitrogens is 1. The van der Waals surface area contributed by atoms with E-state index in [0.29, 0.717) is 0 Å². The molecular formula is C11H9NO. The SMILES string of the molecule is O=c1[nH]c2c3ccccc3c1CC2. The standard InChI is InChI=1S/C11H9NO/c13-11-9-5-6-10(12-11)8-4-2-1-3-7(8)9/h1-4H,5-6H2,(H,12,13). The summed E-state index contributed by atoms with van der Waals surface area (Å²) in [6, 6.07) is 8.10. The Bertz CT molecular complexity index is 539. The third-order valence-electron chi connectivity index (χ3n) is 2.74. The Morgan fingerprint density at radius 2 is 1.85 bits per heavy atom. The molecule has 1 aliphatic heterocycles. The number of aromatic nitrogens is 1. The number of benzene rings is 1. The molecule has 2 aliphatic rings. The highest BCUT2D eigenvalue weighted by Crippen LogP contribution is 2.24. The maximum absolute atomic E-state index is 11.4. The van der Waals surface area contributed by atoms with Gasteiger partial charge in [0.05, 0.1) is 0 Å². The molecule has 2 aromatic rings. The maximum Gasteiger partial charge on any atom is 0.251 e. The molecule has 0 saturated carbocycles. The number of fused-ring (bicyclic) bond motifs is 2. The van der Waals surface area contributed by atoms with Crippen LogP contribution >= 0.6 is 0 Å². The van der Waals surface area contributed by atoms with E-state index >= 15 is 0 Å². The predicted molar refractivity (Wildman–Crippen MR) is 52.0 cm³/mol. The number of nitrogens with one attached hydrogen (secondary N) is 1. The Hall–Kier alpha value is -1.57. The van der Waals surface area contributed by atoms with Crippen molar-refractivity contribution in [3.8, 4) is 0 Å². The van der Waals surface area contributed by atoms with Gasteiger partial charge in [-0.15, -0.1) is 0 Å². The zero-order chi connectivity index (χ0) is 8.84. The van der Waals surface area contributed by atoms with Crippen molar-refractivity contribution in [3.05, 3.63) is 45.9 Å². The summed E-state index contributed by atoms with van der Waals surface area (Å²) in [6.45, 7) is 0. The lowest BCUT2D eigenvalue weighted by molar-refractivity contribution is 0.853. The van der Waals surface area contributed by atoms with Crippen LogP contribution in [0.25, 0.3) is 10.8 Å². The first-order valence-electron chi connectivity index (χ1n) is 4.49. The zero-order valence-corrected chi connectivity index (χ0v) is 7.13. The van der Waals surface area contributed by atoms with E-state index in [4.69, 9.17) is 0 Å². The van der Waals surface area contributed by atoms with Crippen LogP contribution in [0.4, 0.5) is 0 Å². The number of aromatic amines is 1. The van der Waals surface area contributed by atoms with Crippen molar-refractivity contribution < 1.29 is 0 Å². The molecule has 2 nitrogen and oxygen atoms in total. The van der Waals surface area contributed by atoms with Crippen LogP contribution in [-0.2, 0) is 12.8 Å². The summed E-state index contributed by atoms with van der Waals surface area (Å²) in [5.41, 5.74) is 2.14. The quantitative estimate of drug-likeness (QED) is 0.642. The number of hydrogen-bond donors (Lipinski definition) is 1. The molecule has 0 radical (unpaired) electrons. The van der Waals surface area contributed by atoms with E-state index in [0.717, 1.165) is 29.5 Å². The predicted octanol–water partition coefficient (Wildman–Crippen LogP) is 1.63. The van der Waals surface area contributed by atoms with Crippen LogP contribution < -0.4 is 5.56 Å². The smallest absolute Gasteiger partial charge is 0.251 e. The van der Waals surface area contributed by atoms with E-state index in [1.165, 1.54) is 5.39 Å². The molecule has 0 fully saturated rings. The molecule has 1 aliphatic carbocycles. The van der Waals surface area contributed by atoms with Crippen LogP contribution in [0, 0.1) is 0 Å². The van der Waals surface area contributed by atoms with E-state index in [-0.39, 0.29) is 5.56 Å². The maximum atomic E-state index is 11.4. The van der Waals surface area contributed by atoms with E-state index in [2.05, 4.69) is 11.1 Å². The highest BCUT2D eigenvalue weighted by Gasteiger charge is 2.15. The van der Waals surface area contributed by atoms with Gasteiger partial charge in [0.2, 0.25) is 0 Å². The monoisotopic (exact) mass is 171 g/mol. The first-order chi connectivity index (χ1) is 6.36. The van der Waals surface area contributed by atoms with Crippen LogP contribution in [0.3, 0.4) is 0 Å². The normalized spacial score (nSPS) is 13.8. The molecule has 1 N–H and O–H groups in total. The van der Waals surface area contributed by atoms with Gasteiger partial charge in [-0.05, 0) is 18.2 Å². The van der Waals surface area contributed by atoms with Crippen LogP contribution in [0.1, 0.15) is 11.3 Å². The van der Waals surface area contributed by atoms with Gasteiger partial charge in [-0.2, -0.15) is 0 Å². The molecule has 0 unspecified atom stereocenters. The van der Waals surface area contributed by atoms with Crippen molar-refractivity contribution in [2.75, 3.05) is 0 Å². The average Bonchev–Trinajstić information content (AvgIpc) is 2.19. The van der Waals surface area contributed by atoms with Crippen molar-refractivity contribution in [2.24, 2.45) is 0 Å². The van der Waals surface area contributed by atoms with Gasteiger partial charge in [-0.1, -0.05) is 24.3 Å². The summed E-state index contributed by atoms with van der Waals surface area (Å²) in [5.74, 6) is 0. The Morgan fingerprint density at radius 3 is 2.62 bits per heavy atom. The highest BCUT2D eigenvalue weighted by atomic mass is 16.1. The summed E-state index contributed by atoms with van der Waals surface area (Å²) < 4.78 is 0. The van der Waals surface area contributed by atoms with Gasteiger partial charge in [0.15, 0.2) is 0 Å². The number of pyridine rings is 1. The number of hydrogen-bond acceptors (Lipinski definition) is 1. The van der Waals surface area contributed by atoms with Crippen LogP contribution in [-0.4, -0.2) is 4.98 Å². The second-order valence-corrected chi connectivity index (χ2v) is 3.46. The third kappa shape index (κ3) is 0.800. The van der Waals surface area contributed by atoms with Crippen LogP contribution in [0.5, 0.6) is 0 Å². The Kier molecular flexibility index (Phi) is 1.18. The molecule has 2 bridgehead atoms. The number of rotatable bonds is 0. The summed E-state index contributed by atoms with van der Waals surface area (Å²) in [6.07, 6.45) is 1.89. The first-order valence-corrected chi connectivity index (χ1v) is 4.49. The van der Waals surface area contributed by atoms with Crippen molar-refractivity contribution in [2.45, 2.75) is 12.8 Å². The minimum Gasteiger partial charge on any atom is -0.325 e. The van der Waals surface area contributed by atoms with Crippen molar-refractivity contribution >= 4 is 10.8 Å². The van der Waals surface area contributed by atoms with Crippen molar-refractivity contribution in [1.82, 2.24) is 4.98 Å². The molecule has 2 heterocycles. The largest absolute Gasteiger partial charge is 0.325 e. The Labute approximate surface area is 75.2 Å². The first kappa shape index (κ1) is 6.89. The van der Waals surface area contributed by atoms with E-state index in [1.54, 1.807) is 0 Å². The molecule has 0 atom stereocenters. The molecular weight excluding hydrogens is 162 g/mol. The van der Waals surface area contributed by atoms with E-state index in [1.807, 2.05) is 18.2 Å². The molecule has 0 spiro atoms. The van der Waals surface area contributed by atoms with Gasteiger partial charge in [-0.3, -0.25) is 4.79 Å². The second kappa shape index (κ2) is 2.22. The van der Waals surface area contributed by atoms with Gasteiger partial charge in [-0.25, -0.2) is 0 Å². The third-order valence-corrected chi connectivity index (χ3v) is 2.74. The number of aryl methyl sites for hydroxylation is 2.